The summed E-state index contributed by atoms with van der Waals surface area (Å²) in [6.45, 7) is 1.74. The zero-order chi connectivity index (χ0) is 16.1. The molecular weight excluding hydrogens is 290 g/mol. The SMILES string of the molecule is Cc1ncc(Oc2ccccc2)nc1C(=O)Nc1ccccc1.[HH].[HH]. The third-order valence-electron chi connectivity index (χ3n) is 3.15. The van der Waals surface area contributed by atoms with Crippen molar-refractivity contribution in [2.75, 3.05) is 5.32 Å². The summed E-state index contributed by atoms with van der Waals surface area (Å²) in [5.74, 6) is 0.597. The molecule has 0 saturated carbocycles. The van der Waals surface area contributed by atoms with Crippen molar-refractivity contribution >= 4 is 11.6 Å². The monoisotopic (exact) mass is 309 g/mol. The van der Waals surface area contributed by atoms with Crippen LogP contribution >= 0.6 is 0 Å². The highest BCUT2D eigenvalue weighted by Crippen LogP contribution is 2.19. The molecule has 0 spiro atoms. The Hall–Kier alpha value is -3.21. The Labute approximate surface area is 137 Å². The minimum Gasteiger partial charge on any atom is -0.437 e. The van der Waals surface area contributed by atoms with E-state index in [0.717, 1.165) is 0 Å². The Kier molecular flexibility index (Phi) is 4.29. The van der Waals surface area contributed by atoms with Gasteiger partial charge in [-0.05, 0) is 31.2 Å². The maximum atomic E-state index is 12.4. The van der Waals surface area contributed by atoms with Crippen LogP contribution in [0.4, 0.5) is 5.69 Å². The number of hydrogen-bond donors (Lipinski definition) is 1. The van der Waals surface area contributed by atoms with Crippen LogP contribution in [0.3, 0.4) is 0 Å². The summed E-state index contributed by atoms with van der Waals surface area (Å²) >= 11 is 0. The van der Waals surface area contributed by atoms with Gasteiger partial charge in [-0.25, -0.2) is 4.98 Å². The topological polar surface area (TPSA) is 64.1 Å². The number of ether oxygens (including phenoxy) is 1. The molecule has 1 N–H and O–H groups in total. The molecule has 0 aliphatic heterocycles. The van der Waals surface area contributed by atoms with Gasteiger partial charge in [-0.1, -0.05) is 36.4 Å². The lowest BCUT2D eigenvalue weighted by molar-refractivity contribution is 0.102. The summed E-state index contributed by atoms with van der Waals surface area (Å²) in [5, 5.41) is 2.79. The van der Waals surface area contributed by atoms with Gasteiger partial charge in [0, 0.05) is 8.54 Å². The van der Waals surface area contributed by atoms with E-state index < -0.39 is 0 Å². The number of aromatic nitrogens is 2. The molecule has 0 fully saturated rings. The van der Waals surface area contributed by atoms with E-state index in [9.17, 15) is 4.79 Å². The first-order chi connectivity index (χ1) is 11.2. The second-order valence-corrected chi connectivity index (χ2v) is 4.88. The molecule has 0 saturated heterocycles. The van der Waals surface area contributed by atoms with Crippen molar-refractivity contribution in [2.45, 2.75) is 6.92 Å². The highest BCUT2D eigenvalue weighted by atomic mass is 16.5. The molecule has 5 nitrogen and oxygen atoms in total. The van der Waals surface area contributed by atoms with Crippen LogP contribution in [0.15, 0.2) is 66.9 Å². The molecule has 0 atom stereocenters. The minimum absolute atomic E-state index is 0. The number of hydrogen-bond acceptors (Lipinski definition) is 4. The van der Waals surface area contributed by atoms with E-state index in [1.54, 1.807) is 6.92 Å². The third kappa shape index (κ3) is 3.71. The van der Waals surface area contributed by atoms with Gasteiger partial charge in [-0.15, -0.1) is 0 Å². The van der Waals surface area contributed by atoms with Gasteiger partial charge < -0.3 is 10.1 Å². The molecule has 1 amide bonds. The second-order valence-electron chi connectivity index (χ2n) is 4.88. The standard InChI is InChI=1S/C18H15N3O2.2H2/c1-13-17(18(22)20-14-8-4-2-5-9-14)21-16(12-19-13)23-15-10-6-3-7-11-15;;/h2-12H,1H3,(H,20,22);2*1H. The van der Waals surface area contributed by atoms with Gasteiger partial charge in [0.15, 0.2) is 5.69 Å². The summed E-state index contributed by atoms with van der Waals surface area (Å²) in [6.07, 6.45) is 1.50. The van der Waals surface area contributed by atoms with E-state index in [1.807, 2.05) is 60.7 Å². The predicted octanol–water partition coefficient (Wildman–Crippen LogP) is 4.32. The van der Waals surface area contributed by atoms with Gasteiger partial charge in [-0.3, -0.25) is 9.78 Å². The van der Waals surface area contributed by atoms with Crippen LogP contribution in [0.2, 0.25) is 0 Å². The zero-order valence-electron chi connectivity index (χ0n) is 12.6. The normalized spacial score (nSPS) is 10.1. The first-order valence-electron chi connectivity index (χ1n) is 7.15. The van der Waals surface area contributed by atoms with Gasteiger partial charge in [0.2, 0.25) is 5.88 Å². The first kappa shape index (κ1) is 14.7. The van der Waals surface area contributed by atoms with E-state index >= 15 is 0 Å². The summed E-state index contributed by atoms with van der Waals surface area (Å²) in [4.78, 5) is 20.8. The summed E-state index contributed by atoms with van der Waals surface area (Å²) in [5.41, 5.74) is 1.48. The van der Waals surface area contributed by atoms with Crippen LogP contribution in [0.5, 0.6) is 11.6 Å². The fraction of sp³-hybridized carbons (Fsp3) is 0.0556. The van der Waals surface area contributed by atoms with Crippen LogP contribution < -0.4 is 10.1 Å². The van der Waals surface area contributed by atoms with Crippen LogP contribution in [-0.4, -0.2) is 15.9 Å². The summed E-state index contributed by atoms with van der Waals surface area (Å²) in [6, 6.07) is 18.4. The number of aryl methyl sites for hydroxylation is 1. The quantitative estimate of drug-likeness (QED) is 0.779. The summed E-state index contributed by atoms with van der Waals surface area (Å²) in [7, 11) is 0. The van der Waals surface area contributed by atoms with Crippen molar-refractivity contribution in [3.8, 4) is 11.6 Å². The first-order valence-corrected chi connectivity index (χ1v) is 7.15. The number of nitrogens with zero attached hydrogens (tertiary/aromatic N) is 2. The number of rotatable bonds is 4. The molecule has 1 heterocycles. The fourth-order valence-corrected chi connectivity index (χ4v) is 2.02. The molecule has 0 radical (unpaired) electrons. The number of benzene rings is 2. The van der Waals surface area contributed by atoms with Crippen molar-refractivity contribution in [3.63, 3.8) is 0 Å². The molecule has 5 heteroatoms. The fourth-order valence-electron chi connectivity index (χ4n) is 2.02. The highest BCUT2D eigenvalue weighted by molar-refractivity contribution is 6.03. The van der Waals surface area contributed by atoms with Crippen LogP contribution in [0.1, 0.15) is 19.0 Å². The van der Waals surface area contributed by atoms with Crippen molar-refractivity contribution < 1.29 is 12.4 Å². The highest BCUT2D eigenvalue weighted by Gasteiger charge is 2.14. The Morgan fingerprint density at radius 2 is 1.70 bits per heavy atom. The van der Waals surface area contributed by atoms with Crippen LogP contribution in [0.25, 0.3) is 0 Å². The molecule has 3 aromatic rings. The van der Waals surface area contributed by atoms with E-state index in [4.69, 9.17) is 4.74 Å². The van der Waals surface area contributed by atoms with Gasteiger partial charge in [0.05, 0.1) is 11.9 Å². The molecular formula is C18H19N3O2. The number of para-hydroxylation sites is 2. The molecule has 118 valence electrons. The van der Waals surface area contributed by atoms with E-state index in [-0.39, 0.29) is 20.3 Å². The van der Waals surface area contributed by atoms with Gasteiger partial charge in [0.25, 0.3) is 5.91 Å². The molecule has 0 aliphatic carbocycles. The zero-order valence-corrected chi connectivity index (χ0v) is 12.6. The Morgan fingerprint density at radius 1 is 1.04 bits per heavy atom. The van der Waals surface area contributed by atoms with Gasteiger partial charge in [-0.2, -0.15) is 0 Å². The molecule has 2 aromatic carbocycles. The van der Waals surface area contributed by atoms with E-state index in [0.29, 0.717) is 17.1 Å². The molecule has 0 bridgehead atoms. The number of anilines is 1. The smallest absolute Gasteiger partial charge is 0.276 e. The lowest BCUT2D eigenvalue weighted by Crippen LogP contribution is -2.16. The molecule has 23 heavy (non-hydrogen) atoms. The van der Waals surface area contributed by atoms with Gasteiger partial charge >= 0.3 is 0 Å². The Morgan fingerprint density at radius 3 is 2.39 bits per heavy atom. The lowest BCUT2D eigenvalue weighted by atomic mass is 10.2. The number of amides is 1. The van der Waals surface area contributed by atoms with Crippen molar-refractivity contribution in [2.24, 2.45) is 0 Å². The van der Waals surface area contributed by atoms with Gasteiger partial charge in [0.1, 0.15) is 5.75 Å². The average Bonchev–Trinajstić information content (AvgIpc) is 2.58. The number of carbonyl (C=O) groups is 1. The number of carbonyl (C=O) groups excluding carboxylic acids is 1. The lowest BCUT2D eigenvalue weighted by Gasteiger charge is -2.09. The molecule has 0 unspecified atom stereocenters. The largest absolute Gasteiger partial charge is 0.437 e. The van der Waals surface area contributed by atoms with Crippen molar-refractivity contribution in [3.05, 3.63) is 78.2 Å². The van der Waals surface area contributed by atoms with Crippen LogP contribution in [-0.2, 0) is 0 Å². The van der Waals surface area contributed by atoms with Crippen molar-refractivity contribution in [1.82, 2.24) is 9.97 Å². The second kappa shape index (κ2) is 6.70. The molecule has 3 rings (SSSR count). The van der Waals surface area contributed by atoms with E-state index in [2.05, 4.69) is 15.3 Å². The Bertz CT molecular complexity index is 815. The maximum absolute atomic E-state index is 12.4. The molecule has 1 aromatic heterocycles. The van der Waals surface area contributed by atoms with Crippen LogP contribution in [0, 0.1) is 6.92 Å². The summed E-state index contributed by atoms with van der Waals surface area (Å²) < 4.78 is 5.62. The third-order valence-corrected chi connectivity index (χ3v) is 3.15. The number of nitrogens with one attached hydrogen (secondary N) is 1. The Balaban J connectivity index is 0.00000156. The average molecular weight is 309 g/mol. The maximum Gasteiger partial charge on any atom is 0.276 e. The predicted molar refractivity (Wildman–Crippen MR) is 91.9 cm³/mol. The minimum atomic E-state index is -0.320. The van der Waals surface area contributed by atoms with Crippen molar-refractivity contribution in [1.29, 1.82) is 0 Å². The molecule has 0 aliphatic rings. The van der Waals surface area contributed by atoms with E-state index in [1.165, 1.54) is 6.20 Å².